The van der Waals surface area contributed by atoms with Gasteiger partial charge in [-0.25, -0.2) is 0 Å². The van der Waals surface area contributed by atoms with Gasteiger partial charge in [-0.05, 0) is 25.6 Å². The lowest BCUT2D eigenvalue weighted by Crippen LogP contribution is -2.27. The van der Waals surface area contributed by atoms with Crippen LogP contribution in [0, 0.1) is 0 Å². The van der Waals surface area contributed by atoms with Crippen molar-refractivity contribution in [3.8, 4) is 0 Å². The summed E-state index contributed by atoms with van der Waals surface area (Å²) in [6, 6.07) is 8.62. The molecule has 1 unspecified atom stereocenters. The highest BCUT2D eigenvalue weighted by Gasteiger charge is 2.23. The molecule has 0 fully saturated rings. The van der Waals surface area contributed by atoms with Gasteiger partial charge in [0, 0.05) is 29.7 Å². The van der Waals surface area contributed by atoms with Gasteiger partial charge in [-0.15, -0.1) is 11.8 Å². The summed E-state index contributed by atoms with van der Waals surface area (Å²) in [7, 11) is 2.07. The molecule has 0 N–H and O–H groups in total. The predicted octanol–water partition coefficient (Wildman–Crippen LogP) is 2.76. The number of rotatable bonds is 6. The number of fused-ring (bicyclic) bond motifs is 1. The Morgan fingerprint density at radius 2 is 2.26 bits per heavy atom. The number of ether oxygens (including phenoxy) is 1. The van der Waals surface area contributed by atoms with E-state index < -0.39 is 0 Å². The smallest absolute Gasteiger partial charge is 0.307 e. The maximum absolute atomic E-state index is 11.3. The van der Waals surface area contributed by atoms with Gasteiger partial charge >= 0.3 is 5.97 Å². The molecule has 2 rings (SSSR count). The van der Waals surface area contributed by atoms with Crippen molar-refractivity contribution in [1.29, 1.82) is 0 Å². The van der Waals surface area contributed by atoms with E-state index >= 15 is 0 Å². The van der Waals surface area contributed by atoms with E-state index in [-0.39, 0.29) is 5.97 Å². The van der Waals surface area contributed by atoms with Gasteiger partial charge in [0.25, 0.3) is 0 Å². The number of esters is 1. The minimum absolute atomic E-state index is 0.101. The van der Waals surface area contributed by atoms with E-state index in [1.807, 2.05) is 18.7 Å². The SMILES string of the molecule is CCOC(=O)CCN(C)CC1CSc2ccccc21. The normalized spacial score (nSPS) is 17.5. The number of nitrogens with zero attached hydrogens (tertiary/aromatic N) is 1. The van der Waals surface area contributed by atoms with Gasteiger partial charge in [0.15, 0.2) is 0 Å². The topological polar surface area (TPSA) is 29.5 Å². The summed E-state index contributed by atoms with van der Waals surface area (Å²) >= 11 is 1.93. The minimum Gasteiger partial charge on any atom is -0.466 e. The van der Waals surface area contributed by atoms with Crippen molar-refractivity contribution in [1.82, 2.24) is 4.90 Å². The van der Waals surface area contributed by atoms with Crippen LogP contribution in [0.3, 0.4) is 0 Å². The van der Waals surface area contributed by atoms with Crippen LogP contribution in [0.25, 0.3) is 0 Å². The lowest BCUT2D eigenvalue weighted by molar-refractivity contribution is -0.143. The molecule has 0 amide bonds. The van der Waals surface area contributed by atoms with Crippen LogP contribution in [0.4, 0.5) is 0 Å². The summed E-state index contributed by atoms with van der Waals surface area (Å²) in [4.78, 5) is 15.0. The Kier molecular flexibility index (Phi) is 5.28. The average molecular weight is 279 g/mol. The zero-order chi connectivity index (χ0) is 13.7. The van der Waals surface area contributed by atoms with Gasteiger partial charge in [0.1, 0.15) is 0 Å². The molecule has 0 radical (unpaired) electrons. The number of hydrogen-bond acceptors (Lipinski definition) is 4. The Morgan fingerprint density at radius 3 is 3.05 bits per heavy atom. The van der Waals surface area contributed by atoms with Gasteiger partial charge in [0.2, 0.25) is 0 Å². The highest BCUT2D eigenvalue weighted by molar-refractivity contribution is 7.99. The Balaban J connectivity index is 1.81. The van der Waals surface area contributed by atoms with E-state index in [0.717, 1.165) is 18.8 Å². The molecule has 1 aliphatic rings. The first-order valence-electron chi connectivity index (χ1n) is 6.76. The molecule has 0 spiro atoms. The lowest BCUT2D eigenvalue weighted by atomic mass is 10.0. The summed E-state index contributed by atoms with van der Waals surface area (Å²) in [5.41, 5.74) is 1.45. The van der Waals surface area contributed by atoms with E-state index in [1.54, 1.807) is 0 Å². The van der Waals surface area contributed by atoms with Crippen molar-refractivity contribution < 1.29 is 9.53 Å². The second kappa shape index (κ2) is 6.96. The fourth-order valence-corrected chi connectivity index (χ4v) is 3.61. The molecular formula is C15H21NO2S. The Bertz CT molecular complexity index is 436. The molecule has 104 valence electrons. The average Bonchev–Trinajstić information content (AvgIpc) is 2.80. The molecule has 1 aromatic rings. The summed E-state index contributed by atoms with van der Waals surface area (Å²) in [6.07, 6.45) is 0.478. The first-order valence-corrected chi connectivity index (χ1v) is 7.75. The van der Waals surface area contributed by atoms with Crippen LogP contribution in [0.5, 0.6) is 0 Å². The minimum atomic E-state index is -0.101. The van der Waals surface area contributed by atoms with E-state index in [4.69, 9.17) is 4.74 Å². The lowest BCUT2D eigenvalue weighted by Gasteiger charge is -2.20. The second-order valence-corrected chi connectivity index (χ2v) is 5.92. The molecule has 1 aliphatic heterocycles. The monoisotopic (exact) mass is 279 g/mol. The highest BCUT2D eigenvalue weighted by Crippen LogP contribution is 2.39. The van der Waals surface area contributed by atoms with Crippen molar-refractivity contribution in [2.45, 2.75) is 24.2 Å². The van der Waals surface area contributed by atoms with Crippen molar-refractivity contribution in [3.63, 3.8) is 0 Å². The van der Waals surface area contributed by atoms with Gasteiger partial charge in [-0.1, -0.05) is 18.2 Å². The maximum atomic E-state index is 11.3. The largest absolute Gasteiger partial charge is 0.466 e. The van der Waals surface area contributed by atoms with Crippen LogP contribution in [0.2, 0.25) is 0 Å². The van der Waals surface area contributed by atoms with Gasteiger partial charge in [-0.2, -0.15) is 0 Å². The van der Waals surface area contributed by atoms with Gasteiger partial charge in [-0.3, -0.25) is 4.79 Å². The molecule has 0 saturated carbocycles. The third-order valence-electron chi connectivity index (χ3n) is 3.33. The quantitative estimate of drug-likeness (QED) is 0.749. The Labute approximate surface area is 119 Å². The Hall–Kier alpha value is -1.00. The number of benzene rings is 1. The van der Waals surface area contributed by atoms with Gasteiger partial charge < -0.3 is 9.64 Å². The van der Waals surface area contributed by atoms with E-state index in [2.05, 4.69) is 36.2 Å². The van der Waals surface area contributed by atoms with Crippen LogP contribution in [-0.4, -0.2) is 43.4 Å². The standard InChI is InChI=1S/C15H21NO2S/c1-3-18-15(17)8-9-16(2)10-12-11-19-14-7-5-4-6-13(12)14/h4-7,12H,3,8-11H2,1-2H3. The van der Waals surface area contributed by atoms with Crippen LogP contribution < -0.4 is 0 Å². The second-order valence-electron chi connectivity index (χ2n) is 4.86. The summed E-state index contributed by atoms with van der Waals surface area (Å²) < 4.78 is 4.95. The number of thioether (sulfide) groups is 1. The molecule has 19 heavy (non-hydrogen) atoms. The van der Waals surface area contributed by atoms with Crippen molar-refractivity contribution in [2.24, 2.45) is 0 Å². The van der Waals surface area contributed by atoms with E-state index in [0.29, 0.717) is 18.9 Å². The molecule has 0 saturated heterocycles. The molecule has 1 heterocycles. The third kappa shape index (κ3) is 3.98. The molecule has 0 aromatic heterocycles. The Morgan fingerprint density at radius 1 is 1.47 bits per heavy atom. The molecule has 0 aliphatic carbocycles. The van der Waals surface area contributed by atoms with Crippen LogP contribution in [-0.2, 0) is 9.53 Å². The number of carbonyl (C=O) groups is 1. The fourth-order valence-electron chi connectivity index (χ4n) is 2.36. The summed E-state index contributed by atoms with van der Waals surface area (Å²) in [6.45, 7) is 4.08. The molecular weight excluding hydrogens is 258 g/mol. The summed E-state index contributed by atoms with van der Waals surface area (Å²) in [5, 5.41) is 0. The van der Waals surface area contributed by atoms with Crippen molar-refractivity contribution in [2.75, 3.05) is 32.5 Å². The van der Waals surface area contributed by atoms with Crippen LogP contribution in [0.15, 0.2) is 29.2 Å². The van der Waals surface area contributed by atoms with E-state index in [9.17, 15) is 4.79 Å². The van der Waals surface area contributed by atoms with Crippen LogP contribution in [0.1, 0.15) is 24.8 Å². The van der Waals surface area contributed by atoms with E-state index in [1.165, 1.54) is 10.5 Å². The molecule has 1 atom stereocenters. The third-order valence-corrected chi connectivity index (χ3v) is 4.59. The first kappa shape index (κ1) is 14.4. The van der Waals surface area contributed by atoms with Crippen molar-refractivity contribution >= 4 is 17.7 Å². The zero-order valence-corrected chi connectivity index (χ0v) is 12.4. The molecule has 4 heteroatoms. The van der Waals surface area contributed by atoms with Crippen molar-refractivity contribution in [3.05, 3.63) is 29.8 Å². The number of carbonyl (C=O) groups excluding carboxylic acids is 1. The molecule has 1 aromatic carbocycles. The van der Waals surface area contributed by atoms with Gasteiger partial charge in [0.05, 0.1) is 13.0 Å². The number of likely N-dealkylation sites (N-methyl/N-ethyl adjacent to an activating group) is 1. The molecule has 0 bridgehead atoms. The highest BCUT2D eigenvalue weighted by atomic mass is 32.2. The number of hydrogen-bond donors (Lipinski definition) is 0. The zero-order valence-electron chi connectivity index (χ0n) is 11.6. The molecule has 3 nitrogen and oxygen atoms in total. The van der Waals surface area contributed by atoms with Crippen LogP contribution >= 0.6 is 11.8 Å². The summed E-state index contributed by atoms with van der Waals surface area (Å²) in [5.74, 6) is 1.62. The maximum Gasteiger partial charge on any atom is 0.307 e. The predicted molar refractivity (Wildman–Crippen MR) is 78.7 cm³/mol. The fraction of sp³-hybridized carbons (Fsp3) is 0.533. The first-order chi connectivity index (χ1) is 9.20.